The van der Waals surface area contributed by atoms with E-state index in [1.165, 1.54) is 25.7 Å². The zero-order valence-electron chi connectivity index (χ0n) is 14.1. The first-order valence-corrected chi connectivity index (χ1v) is 8.32. The van der Waals surface area contributed by atoms with Crippen LogP contribution in [0.5, 0.6) is 5.75 Å². The number of ether oxygens (including phenoxy) is 2. The summed E-state index contributed by atoms with van der Waals surface area (Å²) in [6.45, 7) is 3.99. The molecular weight excluding hydrogens is 308 g/mol. The second-order valence-electron chi connectivity index (χ2n) is 5.61. The zero-order valence-corrected chi connectivity index (χ0v) is 14.1. The van der Waals surface area contributed by atoms with Crippen molar-refractivity contribution in [1.82, 2.24) is 5.43 Å². The van der Waals surface area contributed by atoms with Gasteiger partial charge in [0.05, 0.1) is 6.61 Å². The number of nitrogens with two attached hydrogens (primary N) is 2. The highest BCUT2D eigenvalue weighted by atomic mass is 16.5. The number of benzene rings is 1. The van der Waals surface area contributed by atoms with Crippen molar-refractivity contribution >= 4 is 11.7 Å². The molecule has 1 fully saturated rings. The Kier molecular flexibility index (Phi) is 6.74. The van der Waals surface area contributed by atoms with Gasteiger partial charge in [-0.1, -0.05) is 18.9 Å². The second-order valence-corrected chi connectivity index (χ2v) is 5.61. The lowest BCUT2D eigenvalue weighted by Crippen LogP contribution is -2.31. The van der Waals surface area contributed by atoms with E-state index in [0.717, 1.165) is 18.8 Å². The number of nitrogens with one attached hydrogen (secondary N) is 1. The van der Waals surface area contributed by atoms with Gasteiger partial charge in [0.15, 0.2) is 5.70 Å². The smallest absolute Gasteiger partial charge is 0.359 e. The Morgan fingerprint density at radius 2 is 1.96 bits per heavy atom. The number of anilines is 1. The number of hydrogen-bond acceptors (Lipinski definition) is 7. The summed E-state index contributed by atoms with van der Waals surface area (Å²) in [5.74, 6) is 5.28. The molecule has 0 radical (unpaired) electrons. The molecule has 1 aliphatic heterocycles. The summed E-state index contributed by atoms with van der Waals surface area (Å²) in [6, 6.07) is 7.66. The number of hydrogen-bond donors (Lipinski definition) is 3. The molecule has 132 valence electrons. The fourth-order valence-electron chi connectivity index (χ4n) is 2.65. The van der Waals surface area contributed by atoms with Crippen molar-refractivity contribution in [2.45, 2.75) is 32.6 Å². The van der Waals surface area contributed by atoms with Gasteiger partial charge in [-0.3, -0.25) is 5.43 Å². The molecule has 0 bridgehead atoms. The standard InChI is InChI=1S/C17H26N4O3/c1-2-23-17(22)15(18)16(20-19)24-14-9-7-8-13(12-14)21-10-5-3-4-6-11-21/h7-9,12,20H,2-6,10-11,18-19H2,1H3/b16-15+. The van der Waals surface area contributed by atoms with Gasteiger partial charge in [0.1, 0.15) is 5.75 Å². The molecule has 5 N–H and O–H groups in total. The maximum atomic E-state index is 11.7. The third kappa shape index (κ3) is 4.79. The van der Waals surface area contributed by atoms with Crippen molar-refractivity contribution in [2.75, 3.05) is 24.6 Å². The molecule has 1 heterocycles. The minimum atomic E-state index is -0.672. The molecule has 0 amide bonds. The summed E-state index contributed by atoms with van der Waals surface area (Å²) in [5.41, 5.74) is 8.94. The average molecular weight is 334 g/mol. The number of carbonyl (C=O) groups is 1. The van der Waals surface area contributed by atoms with Gasteiger partial charge in [-0.25, -0.2) is 10.6 Å². The van der Waals surface area contributed by atoms with Crippen LogP contribution in [-0.2, 0) is 9.53 Å². The Bertz CT molecular complexity index is 581. The Balaban J connectivity index is 2.15. The van der Waals surface area contributed by atoms with Gasteiger partial charge in [0, 0.05) is 24.8 Å². The number of esters is 1. The second kappa shape index (κ2) is 9.02. The van der Waals surface area contributed by atoms with E-state index in [0.29, 0.717) is 5.75 Å². The molecule has 7 nitrogen and oxygen atoms in total. The van der Waals surface area contributed by atoms with Crippen LogP contribution in [0.3, 0.4) is 0 Å². The molecule has 7 heteroatoms. The van der Waals surface area contributed by atoms with Crippen LogP contribution in [0.1, 0.15) is 32.6 Å². The number of nitrogens with zero attached hydrogens (tertiary/aromatic N) is 1. The molecule has 0 unspecified atom stereocenters. The lowest BCUT2D eigenvalue weighted by Gasteiger charge is -2.23. The summed E-state index contributed by atoms with van der Waals surface area (Å²) in [4.78, 5) is 14.0. The van der Waals surface area contributed by atoms with Crippen LogP contribution in [0.15, 0.2) is 35.8 Å². The van der Waals surface area contributed by atoms with Gasteiger partial charge >= 0.3 is 5.97 Å². The van der Waals surface area contributed by atoms with E-state index in [1.54, 1.807) is 13.0 Å². The predicted octanol–water partition coefficient (Wildman–Crippen LogP) is 1.60. The Hall–Kier alpha value is -2.41. The number of hydrazine groups is 1. The fourth-order valence-corrected chi connectivity index (χ4v) is 2.65. The summed E-state index contributed by atoms with van der Waals surface area (Å²) in [5, 5.41) is 0. The Morgan fingerprint density at radius 3 is 2.58 bits per heavy atom. The third-order valence-electron chi connectivity index (χ3n) is 3.88. The van der Waals surface area contributed by atoms with Gasteiger partial charge in [0.25, 0.3) is 0 Å². The van der Waals surface area contributed by atoms with Crippen LogP contribution in [0.2, 0.25) is 0 Å². The van der Waals surface area contributed by atoms with Crippen LogP contribution in [0.25, 0.3) is 0 Å². The van der Waals surface area contributed by atoms with Crippen LogP contribution in [0, 0.1) is 0 Å². The minimum absolute atomic E-state index is 0.0264. The quantitative estimate of drug-likeness (QED) is 0.239. The molecule has 2 rings (SSSR count). The van der Waals surface area contributed by atoms with E-state index in [2.05, 4.69) is 10.3 Å². The van der Waals surface area contributed by atoms with Gasteiger partial charge in [-0.2, -0.15) is 0 Å². The first-order chi connectivity index (χ1) is 11.7. The van der Waals surface area contributed by atoms with Gasteiger partial charge in [0.2, 0.25) is 5.88 Å². The van der Waals surface area contributed by atoms with Crippen molar-refractivity contribution in [2.24, 2.45) is 11.6 Å². The first kappa shape index (κ1) is 17.9. The van der Waals surface area contributed by atoms with Crippen LogP contribution in [0.4, 0.5) is 5.69 Å². The largest absolute Gasteiger partial charge is 0.461 e. The monoisotopic (exact) mass is 334 g/mol. The van der Waals surface area contributed by atoms with Crippen molar-refractivity contribution in [3.8, 4) is 5.75 Å². The van der Waals surface area contributed by atoms with E-state index in [1.807, 2.05) is 18.2 Å². The molecule has 1 saturated heterocycles. The summed E-state index contributed by atoms with van der Waals surface area (Å²) in [7, 11) is 0. The SMILES string of the molecule is CCOC(=O)/C(N)=C(/NN)Oc1cccc(N2CCCCCC2)c1. The summed E-state index contributed by atoms with van der Waals surface area (Å²) < 4.78 is 10.5. The highest BCUT2D eigenvalue weighted by Gasteiger charge is 2.16. The van der Waals surface area contributed by atoms with Gasteiger partial charge in [-0.05, 0) is 31.9 Å². The molecule has 0 aliphatic carbocycles. The fraction of sp³-hybridized carbons (Fsp3) is 0.471. The molecule has 0 spiro atoms. The Morgan fingerprint density at radius 1 is 1.25 bits per heavy atom. The molecule has 1 aliphatic rings. The van der Waals surface area contributed by atoms with Gasteiger partial charge < -0.3 is 20.1 Å². The predicted molar refractivity (Wildman–Crippen MR) is 92.9 cm³/mol. The molecule has 24 heavy (non-hydrogen) atoms. The molecule has 0 aromatic heterocycles. The Labute approximate surface area is 142 Å². The molecular formula is C17H26N4O3. The highest BCUT2D eigenvalue weighted by molar-refractivity contribution is 5.87. The first-order valence-electron chi connectivity index (χ1n) is 8.32. The van der Waals surface area contributed by atoms with Crippen molar-refractivity contribution in [3.63, 3.8) is 0 Å². The van der Waals surface area contributed by atoms with Crippen LogP contribution < -0.4 is 26.6 Å². The maximum absolute atomic E-state index is 11.7. The summed E-state index contributed by atoms with van der Waals surface area (Å²) >= 11 is 0. The highest BCUT2D eigenvalue weighted by Crippen LogP contribution is 2.25. The van der Waals surface area contributed by atoms with E-state index in [4.69, 9.17) is 21.1 Å². The van der Waals surface area contributed by atoms with E-state index in [9.17, 15) is 4.79 Å². The van der Waals surface area contributed by atoms with E-state index < -0.39 is 5.97 Å². The van der Waals surface area contributed by atoms with Crippen LogP contribution in [-0.4, -0.2) is 25.7 Å². The molecule has 0 saturated carbocycles. The normalized spacial score (nSPS) is 16.0. The number of rotatable bonds is 6. The van der Waals surface area contributed by atoms with E-state index >= 15 is 0 Å². The summed E-state index contributed by atoms with van der Waals surface area (Å²) in [6.07, 6.45) is 4.92. The molecule has 0 atom stereocenters. The zero-order chi connectivity index (χ0) is 17.4. The maximum Gasteiger partial charge on any atom is 0.359 e. The average Bonchev–Trinajstić information content (AvgIpc) is 2.89. The molecule has 1 aromatic carbocycles. The van der Waals surface area contributed by atoms with Crippen LogP contribution >= 0.6 is 0 Å². The van der Waals surface area contributed by atoms with Crippen molar-refractivity contribution < 1.29 is 14.3 Å². The van der Waals surface area contributed by atoms with E-state index in [-0.39, 0.29) is 18.2 Å². The lowest BCUT2D eigenvalue weighted by atomic mass is 10.2. The third-order valence-corrected chi connectivity index (χ3v) is 3.88. The molecule has 1 aromatic rings. The van der Waals surface area contributed by atoms with Crippen molar-refractivity contribution in [3.05, 3.63) is 35.8 Å². The minimum Gasteiger partial charge on any atom is -0.461 e. The topological polar surface area (TPSA) is 103 Å². The number of carbonyl (C=O) groups excluding carboxylic acids is 1. The van der Waals surface area contributed by atoms with Gasteiger partial charge in [-0.15, -0.1) is 0 Å². The lowest BCUT2D eigenvalue weighted by molar-refractivity contribution is -0.138. The van der Waals surface area contributed by atoms with Crippen molar-refractivity contribution in [1.29, 1.82) is 0 Å².